The molecule has 1 amide bonds. The van der Waals surface area contributed by atoms with Gasteiger partial charge in [-0.3, -0.25) is 9.78 Å². The number of aromatic nitrogens is 4. The molecule has 0 radical (unpaired) electrons. The van der Waals surface area contributed by atoms with Crippen LogP contribution in [-0.2, 0) is 12.6 Å². The van der Waals surface area contributed by atoms with E-state index in [4.69, 9.17) is 0 Å². The van der Waals surface area contributed by atoms with E-state index in [-0.39, 0.29) is 11.9 Å². The Morgan fingerprint density at radius 2 is 1.85 bits per heavy atom. The van der Waals surface area contributed by atoms with Crippen LogP contribution in [0.25, 0.3) is 11.4 Å². The lowest BCUT2D eigenvalue weighted by molar-refractivity contribution is -0.137. The van der Waals surface area contributed by atoms with Gasteiger partial charge in [-0.05, 0) is 74.8 Å². The van der Waals surface area contributed by atoms with Crippen molar-refractivity contribution in [3.8, 4) is 11.4 Å². The van der Waals surface area contributed by atoms with Gasteiger partial charge < -0.3 is 4.90 Å². The van der Waals surface area contributed by atoms with Gasteiger partial charge >= 0.3 is 6.18 Å². The van der Waals surface area contributed by atoms with E-state index in [2.05, 4.69) is 19.9 Å². The molecule has 0 N–H and O–H groups in total. The minimum Gasteiger partial charge on any atom is -0.334 e. The van der Waals surface area contributed by atoms with Crippen LogP contribution in [0.15, 0.2) is 48.9 Å². The summed E-state index contributed by atoms with van der Waals surface area (Å²) in [5.41, 5.74) is 1.29. The number of likely N-dealkylation sites (tertiary alicyclic amines) is 1. The Morgan fingerprint density at radius 1 is 1.06 bits per heavy atom. The number of carbonyl (C=O) groups is 1. The highest BCUT2D eigenvalue weighted by molar-refractivity contribution is 5.98. The molecule has 3 aromatic rings. The third kappa shape index (κ3) is 4.64. The first-order valence-corrected chi connectivity index (χ1v) is 11.4. The number of piperidine rings is 1. The van der Waals surface area contributed by atoms with Gasteiger partial charge in [0.05, 0.1) is 11.1 Å². The van der Waals surface area contributed by atoms with E-state index >= 15 is 0 Å². The van der Waals surface area contributed by atoms with Crippen LogP contribution in [0, 0.1) is 18.8 Å². The molecule has 0 aromatic carbocycles. The number of halogens is 3. The van der Waals surface area contributed by atoms with Gasteiger partial charge in [0.2, 0.25) is 0 Å². The SMILES string of the molecule is Cc1ccc(-c2ncccn2)c(C(=O)N2C[C@@H]3C[C@@H]3C[C@H]2CCc2cc(C(F)(F)F)ccn2)n1. The molecule has 2 fully saturated rings. The molecular formula is C25H24F3N5O. The summed E-state index contributed by atoms with van der Waals surface area (Å²) in [6, 6.07) is 7.34. The maximum Gasteiger partial charge on any atom is 0.416 e. The molecule has 3 aromatic heterocycles. The average molecular weight is 467 g/mol. The van der Waals surface area contributed by atoms with Crippen molar-refractivity contribution in [2.75, 3.05) is 6.54 Å². The number of aryl methyl sites for hydroxylation is 2. The molecule has 1 aliphatic carbocycles. The van der Waals surface area contributed by atoms with Gasteiger partial charge in [-0.2, -0.15) is 13.2 Å². The largest absolute Gasteiger partial charge is 0.416 e. The molecule has 6 nitrogen and oxygen atoms in total. The predicted octanol–water partition coefficient (Wildman–Crippen LogP) is 4.74. The third-order valence-corrected chi connectivity index (χ3v) is 6.70. The molecule has 1 saturated heterocycles. The first-order chi connectivity index (χ1) is 16.3. The molecule has 5 rings (SSSR count). The third-order valence-electron chi connectivity index (χ3n) is 6.70. The number of hydrogen-bond acceptors (Lipinski definition) is 5. The van der Waals surface area contributed by atoms with Crippen LogP contribution in [0.1, 0.15) is 46.7 Å². The first-order valence-electron chi connectivity index (χ1n) is 11.4. The average Bonchev–Trinajstić information content (AvgIpc) is 3.60. The maximum absolute atomic E-state index is 13.8. The molecule has 0 bridgehead atoms. The van der Waals surface area contributed by atoms with Gasteiger partial charge in [0, 0.05) is 42.6 Å². The lowest BCUT2D eigenvalue weighted by Crippen LogP contribution is -2.45. The Balaban J connectivity index is 1.40. The highest BCUT2D eigenvalue weighted by Crippen LogP contribution is 2.48. The van der Waals surface area contributed by atoms with Gasteiger partial charge in [0.15, 0.2) is 5.82 Å². The topological polar surface area (TPSA) is 71.9 Å². The van der Waals surface area contributed by atoms with Crippen LogP contribution in [0.4, 0.5) is 13.2 Å². The fourth-order valence-corrected chi connectivity index (χ4v) is 4.80. The molecule has 2 aliphatic rings. The Bertz CT molecular complexity index is 1200. The number of carbonyl (C=O) groups excluding carboxylic acids is 1. The quantitative estimate of drug-likeness (QED) is 0.542. The summed E-state index contributed by atoms with van der Waals surface area (Å²) in [5, 5.41) is 0. The van der Waals surface area contributed by atoms with E-state index in [1.807, 2.05) is 24.0 Å². The molecule has 1 saturated carbocycles. The van der Waals surface area contributed by atoms with Crippen molar-refractivity contribution < 1.29 is 18.0 Å². The van der Waals surface area contributed by atoms with Crippen molar-refractivity contribution in [1.29, 1.82) is 0 Å². The second-order valence-electron chi connectivity index (χ2n) is 9.10. The number of amides is 1. The van der Waals surface area contributed by atoms with E-state index in [0.717, 1.165) is 25.0 Å². The molecule has 0 spiro atoms. The summed E-state index contributed by atoms with van der Waals surface area (Å²) < 4.78 is 39.3. The van der Waals surface area contributed by atoms with Gasteiger partial charge in [-0.25, -0.2) is 15.0 Å². The summed E-state index contributed by atoms with van der Waals surface area (Å²) in [6.45, 7) is 2.46. The van der Waals surface area contributed by atoms with E-state index in [1.165, 1.54) is 6.20 Å². The minimum absolute atomic E-state index is 0.0838. The summed E-state index contributed by atoms with van der Waals surface area (Å²) in [5.74, 6) is 1.31. The van der Waals surface area contributed by atoms with Crippen molar-refractivity contribution >= 4 is 5.91 Å². The van der Waals surface area contributed by atoms with E-state index < -0.39 is 11.7 Å². The fraction of sp³-hybridized carbons (Fsp3) is 0.400. The zero-order valence-corrected chi connectivity index (χ0v) is 18.7. The van der Waals surface area contributed by atoms with Crippen molar-refractivity contribution in [3.05, 3.63) is 71.6 Å². The van der Waals surface area contributed by atoms with Crippen LogP contribution in [-0.4, -0.2) is 43.3 Å². The van der Waals surface area contributed by atoms with Crippen LogP contribution in [0.3, 0.4) is 0 Å². The monoisotopic (exact) mass is 467 g/mol. The molecule has 176 valence electrons. The van der Waals surface area contributed by atoms with Gasteiger partial charge in [-0.15, -0.1) is 0 Å². The van der Waals surface area contributed by atoms with E-state index in [9.17, 15) is 18.0 Å². The van der Waals surface area contributed by atoms with Crippen LogP contribution in [0.5, 0.6) is 0 Å². The standard InChI is InChI=1S/C25H24F3N5O/c1-15-3-6-21(23-30-8-2-9-31-23)22(32-15)24(34)33-14-17-11-16(17)12-20(33)5-4-19-13-18(7-10-29-19)25(26,27)28/h2-3,6-10,13,16-17,20H,4-5,11-12,14H2,1H3/t16-,17+,20-/m1/s1. The zero-order chi connectivity index (χ0) is 23.9. The minimum atomic E-state index is -4.40. The Hall–Kier alpha value is -3.36. The van der Waals surface area contributed by atoms with Crippen LogP contribution >= 0.6 is 0 Å². The molecular weight excluding hydrogens is 443 g/mol. The fourth-order valence-electron chi connectivity index (χ4n) is 4.80. The molecule has 4 heterocycles. The smallest absolute Gasteiger partial charge is 0.334 e. The lowest BCUT2D eigenvalue weighted by atomic mass is 9.95. The first kappa shape index (κ1) is 22.4. The highest BCUT2D eigenvalue weighted by atomic mass is 19.4. The van der Waals surface area contributed by atoms with Crippen LogP contribution in [0.2, 0.25) is 0 Å². The van der Waals surface area contributed by atoms with Gasteiger partial charge in [0.25, 0.3) is 5.91 Å². The van der Waals surface area contributed by atoms with Crippen molar-refractivity contribution in [2.45, 2.75) is 44.8 Å². The van der Waals surface area contributed by atoms with Crippen molar-refractivity contribution in [1.82, 2.24) is 24.8 Å². The van der Waals surface area contributed by atoms with Crippen molar-refractivity contribution in [2.24, 2.45) is 11.8 Å². The molecule has 0 unspecified atom stereocenters. The maximum atomic E-state index is 13.8. The van der Waals surface area contributed by atoms with E-state index in [0.29, 0.717) is 59.7 Å². The van der Waals surface area contributed by atoms with Crippen LogP contribution < -0.4 is 0 Å². The van der Waals surface area contributed by atoms with Gasteiger partial charge in [-0.1, -0.05) is 0 Å². The second-order valence-corrected chi connectivity index (χ2v) is 9.10. The number of alkyl halides is 3. The summed E-state index contributed by atoms with van der Waals surface area (Å²) in [6.07, 6.45) is 2.88. The molecule has 9 heteroatoms. The molecule has 3 atom stereocenters. The second kappa shape index (κ2) is 8.77. The Labute approximate surface area is 195 Å². The predicted molar refractivity (Wildman–Crippen MR) is 119 cm³/mol. The molecule has 1 aliphatic heterocycles. The lowest BCUT2D eigenvalue weighted by Gasteiger charge is -2.35. The molecule has 34 heavy (non-hydrogen) atoms. The number of rotatable bonds is 5. The normalized spacial score (nSPS) is 21.8. The van der Waals surface area contributed by atoms with Crippen molar-refractivity contribution in [3.63, 3.8) is 0 Å². The Morgan fingerprint density at radius 3 is 2.62 bits per heavy atom. The summed E-state index contributed by atoms with van der Waals surface area (Å²) >= 11 is 0. The summed E-state index contributed by atoms with van der Waals surface area (Å²) in [7, 11) is 0. The number of hydrogen-bond donors (Lipinski definition) is 0. The Kier molecular flexibility index (Phi) is 5.79. The highest BCUT2D eigenvalue weighted by Gasteiger charge is 2.47. The number of pyridine rings is 2. The summed E-state index contributed by atoms with van der Waals surface area (Å²) in [4.78, 5) is 32.9. The number of fused-ring (bicyclic) bond motifs is 1. The van der Waals surface area contributed by atoms with E-state index in [1.54, 1.807) is 18.5 Å². The van der Waals surface area contributed by atoms with Gasteiger partial charge in [0.1, 0.15) is 5.69 Å². The zero-order valence-electron chi connectivity index (χ0n) is 18.7. The number of nitrogens with zero attached hydrogens (tertiary/aromatic N) is 5.